The number of aliphatic hydroxyl groups excluding tert-OH is 2. The minimum Gasteiger partial charge on any atom is -0.395 e. The van der Waals surface area contributed by atoms with E-state index in [1.54, 1.807) is 27.6 Å². The van der Waals surface area contributed by atoms with E-state index < -0.39 is 5.82 Å². The first-order valence-corrected chi connectivity index (χ1v) is 8.60. The normalized spacial score (nSPS) is 11.4. The number of fused-ring (bicyclic) bond motifs is 3. The number of benzene rings is 2. The summed E-state index contributed by atoms with van der Waals surface area (Å²) in [7, 11) is 0. The van der Waals surface area contributed by atoms with Gasteiger partial charge in [-0.15, -0.1) is 5.10 Å². The third kappa shape index (κ3) is 2.98. The molecule has 4 rings (SSSR count). The number of aromatic nitrogens is 4. The molecule has 0 saturated heterocycles. The lowest BCUT2D eigenvalue weighted by atomic mass is 10.1. The summed E-state index contributed by atoms with van der Waals surface area (Å²) < 4.78 is 15.9. The Balaban J connectivity index is 2.02. The Labute approximate surface area is 154 Å². The molecule has 8 heteroatoms. The number of nitrogens with zero attached hydrogens (tertiary/aromatic N) is 5. The van der Waals surface area contributed by atoms with Gasteiger partial charge in [-0.3, -0.25) is 0 Å². The molecule has 0 aliphatic carbocycles. The Morgan fingerprint density at radius 3 is 2.41 bits per heavy atom. The van der Waals surface area contributed by atoms with Gasteiger partial charge in [-0.2, -0.15) is 4.52 Å². The average Bonchev–Trinajstić information content (AvgIpc) is 3.11. The Hall–Kier alpha value is -3.10. The van der Waals surface area contributed by atoms with Crippen LogP contribution in [0.15, 0.2) is 48.5 Å². The molecule has 2 aromatic carbocycles. The van der Waals surface area contributed by atoms with Crippen LogP contribution in [-0.4, -0.2) is 56.3 Å². The van der Waals surface area contributed by atoms with E-state index in [-0.39, 0.29) is 13.2 Å². The lowest BCUT2D eigenvalue weighted by molar-refractivity contribution is 0.281. The van der Waals surface area contributed by atoms with E-state index in [0.717, 1.165) is 10.9 Å². The van der Waals surface area contributed by atoms with Gasteiger partial charge in [0, 0.05) is 24.0 Å². The van der Waals surface area contributed by atoms with Crippen molar-refractivity contribution in [3.63, 3.8) is 0 Å². The standard InChI is InChI=1S/C19H18FN5O2/c20-15-7-3-1-5-13(15)17-19-21-18(24(9-11-26)10-12-27)14-6-2-4-8-16(14)25(19)23-22-17/h1-8,26-27H,9-12H2. The molecule has 2 N–H and O–H groups in total. The minimum atomic E-state index is -0.404. The van der Waals surface area contributed by atoms with Crippen LogP contribution in [-0.2, 0) is 0 Å². The molecule has 0 bridgehead atoms. The van der Waals surface area contributed by atoms with Crippen molar-refractivity contribution in [2.24, 2.45) is 0 Å². The number of hydrogen-bond donors (Lipinski definition) is 2. The molecule has 2 heterocycles. The smallest absolute Gasteiger partial charge is 0.186 e. The monoisotopic (exact) mass is 367 g/mol. The summed E-state index contributed by atoms with van der Waals surface area (Å²) in [6, 6.07) is 13.9. The van der Waals surface area contributed by atoms with Gasteiger partial charge in [0.1, 0.15) is 17.3 Å². The Morgan fingerprint density at radius 1 is 0.963 bits per heavy atom. The van der Waals surface area contributed by atoms with Gasteiger partial charge in [0.15, 0.2) is 5.65 Å². The van der Waals surface area contributed by atoms with Crippen LogP contribution in [0.2, 0.25) is 0 Å². The second kappa shape index (κ2) is 7.26. The molecule has 0 saturated carbocycles. The van der Waals surface area contributed by atoms with E-state index in [2.05, 4.69) is 10.3 Å². The van der Waals surface area contributed by atoms with Gasteiger partial charge in [0.2, 0.25) is 0 Å². The van der Waals surface area contributed by atoms with Crippen molar-refractivity contribution >= 4 is 22.4 Å². The highest BCUT2D eigenvalue weighted by Gasteiger charge is 2.20. The van der Waals surface area contributed by atoms with Crippen molar-refractivity contribution in [2.45, 2.75) is 0 Å². The summed E-state index contributed by atoms with van der Waals surface area (Å²) >= 11 is 0. The molecule has 0 radical (unpaired) electrons. The Bertz CT molecular complexity index is 1090. The van der Waals surface area contributed by atoms with Crippen molar-refractivity contribution in [3.8, 4) is 11.3 Å². The maximum atomic E-state index is 14.3. The molecule has 0 atom stereocenters. The SMILES string of the molecule is OCCN(CCO)c1nc2c(-c3ccccc3F)nnn2c2ccccc12. The van der Waals surface area contributed by atoms with Crippen LogP contribution < -0.4 is 4.90 Å². The number of hydrogen-bond acceptors (Lipinski definition) is 6. The second-order valence-electron chi connectivity index (χ2n) is 6.04. The van der Waals surface area contributed by atoms with Crippen molar-refractivity contribution < 1.29 is 14.6 Å². The third-order valence-electron chi connectivity index (χ3n) is 4.40. The highest BCUT2D eigenvalue weighted by molar-refractivity contribution is 5.93. The molecular formula is C19H18FN5O2. The fourth-order valence-electron chi connectivity index (χ4n) is 3.18. The molecule has 27 heavy (non-hydrogen) atoms. The molecule has 0 spiro atoms. The molecule has 7 nitrogen and oxygen atoms in total. The quantitative estimate of drug-likeness (QED) is 0.541. The third-order valence-corrected chi connectivity index (χ3v) is 4.40. The molecule has 0 aliphatic heterocycles. The van der Waals surface area contributed by atoms with E-state index in [4.69, 9.17) is 4.98 Å². The number of rotatable bonds is 6. The average molecular weight is 367 g/mol. The van der Waals surface area contributed by atoms with E-state index in [0.29, 0.717) is 35.8 Å². The van der Waals surface area contributed by atoms with Gasteiger partial charge >= 0.3 is 0 Å². The zero-order valence-electron chi connectivity index (χ0n) is 14.5. The molecule has 138 valence electrons. The summed E-state index contributed by atoms with van der Waals surface area (Å²) in [5, 5.41) is 28.0. The zero-order valence-corrected chi connectivity index (χ0v) is 14.5. The van der Waals surface area contributed by atoms with E-state index in [1.807, 2.05) is 24.3 Å². The first kappa shape index (κ1) is 17.3. The molecule has 0 aliphatic rings. The highest BCUT2D eigenvalue weighted by Crippen LogP contribution is 2.30. The van der Waals surface area contributed by atoms with E-state index in [1.165, 1.54) is 6.07 Å². The highest BCUT2D eigenvalue weighted by atomic mass is 19.1. The number of aliphatic hydroxyl groups is 2. The fourth-order valence-corrected chi connectivity index (χ4v) is 3.18. The summed E-state index contributed by atoms with van der Waals surface area (Å²) in [6.45, 7) is 0.451. The van der Waals surface area contributed by atoms with Crippen LogP contribution >= 0.6 is 0 Å². The zero-order chi connectivity index (χ0) is 18.8. The van der Waals surface area contributed by atoms with Crippen LogP contribution in [0, 0.1) is 5.82 Å². The second-order valence-corrected chi connectivity index (χ2v) is 6.04. The maximum absolute atomic E-state index is 14.3. The molecule has 0 amide bonds. The summed E-state index contributed by atoms with van der Waals surface area (Å²) in [5.74, 6) is 0.181. The summed E-state index contributed by atoms with van der Waals surface area (Å²) in [4.78, 5) is 6.49. The summed E-state index contributed by atoms with van der Waals surface area (Å²) in [5.41, 5.74) is 1.83. The topological polar surface area (TPSA) is 86.8 Å². The number of halogens is 1. The van der Waals surface area contributed by atoms with Crippen LogP contribution in [0.5, 0.6) is 0 Å². The Kier molecular flexibility index (Phi) is 4.66. The Morgan fingerprint density at radius 2 is 1.67 bits per heavy atom. The van der Waals surface area contributed by atoms with E-state index in [9.17, 15) is 14.6 Å². The summed E-state index contributed by atoms with van der Waals surface area (Å²) in [6.07, 6.45) is 0. The first-order valence-electron chi connectivity index (χ1n) is 8.60. The van der Waals surface area contributed by atoms with Gasteiger partial charge in [-0.05, 0) is 24.3 Å². The predicted octanol–water partition coefficient (Wildman–Crippen LogP) is 1.87. The van der Waals surface area contributed by atoms with Crippen molar-refractivity contribution in [2.75, 3.05) is 31.2 Å². The van der Waals surface area contributed by atoms with Gasteiger partial charge in [0.05, 0.1) is 18.7 Å². The number of anilines is 1. The molecule has 2 aromatic heterocycles. The molecule has 0 fully saturated rings. The van der Waals surface area contributed by atoms with Crippen molar-refractivity contribution in [1.82, 2.24) is 19.8 Å². The maximum Gasteiger partial charge on any atom is 0.186 e. The lowest BCUT2D eigenvalue weighted by Crippen LogP contribution is -2.30. The molecule has 0 unspecified atom stereocenters. The van der Waals surface area contributed by atoms with Gasteiger partial charge < -0.3 is 15.1 Å². The largest absolute Gasteiger partial charge is 0.395 e. The van der Waals surface area contributed by atoms with Crippen LogP contribution in [0.3, 0.4) is 0 Å². The first-order chi connectivity index (χ1) is 13.2. The fraction of sp³-hybridized carbons (Fsp3) is 0.211. The minimum absolute atomic E-state index is 0.0845. The van der Waals surface area contributed by atoms with E-state index >= 15 is 0 Å². The molecule has 4 aromatic rings. The van der Waals surface area contributed by atoms with Crippen LogP contribution in [0.1, 0.15) is 0 Å². The number of para-hydroxylation sites is 1. The van der Waals surface area contributed by atoms with Crippen molar-refractivity contribution in [1.29, 1.82) is 0 Å². The van der Waals surface area contributed by atoms with Crippen LogP contribution in [0.25, 0.3) is 27.8 Å². The lowest BCUT2D eigenvalue weighted by Gasteiger charge is -2.23. The predicted molar refractivity (Wildman–Crippen MR) is 100 cm³/mol. The van der Waals surface area contributed by atoms with Crippen molar-refractivity contribution in [3.05, 3.63) is 54.3 Å². The van der Waals surface area contributed by atoms with Gasteiger partial charge in [0.25, 0.3) is 0 Å². The molecular weight excluding hydrogens is 349 g/mol. The van der Waals surface area contributed by atoms with Crippen LogP contribution in [0.4, 0.5) is 10.2 Å². The van der Waals surface area contributed by atoms with Gasteiger partial charge in [-0.1, -0.05) is 29.5 Å². The van der Waals surface area contributed by atoms with Gasteiger partial charge in [-0.25, -0.2) is 9.37 Å².